The zero-order chi connectivity index (χ0) is 24.4. The molecule has 2 aromatic heterocycles. The molecule has 0 aliphatic carbocycles. The number of hydrogen-bond donors (Lipinski definition) is 2. The Morgan fingerprint density at radius 1 is 1.26 bits per heavy atom. The quantitative estimate of drug-likeness (QED) is 0.566. The fraction of sp³-hybridized carbons (Fsp3) is 0.364. The molecule has 1 saturated heterocycles. The number of halogens is 1. The van der Waals surface area contributed by atoms with E-state index in [1.54, 1.807) is 24.0 Å². The lowest BCUT2D eigenvalue weighted by Gasteiger charge is -2.41. The van der Waals surface area contributed by atoms with Gasteiger partial charge < -0.3 is 20.4 Å². The van der Waals surface area contributed by atoms with Crippen LogP contribution in [0.4, 0.5) is 23.3 Å². The molecule has 0 bridgehead atoms. The third kappa shape index (κ3) is 4.26. The molecule has 12 heteroatoms. The van der Waals surface area contributed by atoms with Gasteiger partial charge in [-0.3, -0.25) is 4.79 Å². The van der Waals surface area contributed by atoms with Gasteiger partial charge in [-0.1, -0.05) is 11.6 Å². The van der Waals surface area contributed by atoms with Crippen LogP contribution in [0.2, 0.25) is 5.02 Å². The van der Waals surface area contributed by atoms with Crippen molar-refractivity contribution < 1.29 is 4.79 Å². The fourth-order valence-corrected chi connectivity index (χ4v) is 4.25. The Hall–Kier alpha value is -4.09. The molecule has 0 radical (unpaired) electrons. The van der Waals surface area contributed by atoms with Gasteiger partial charge in [0.05, 0.1) is 34.2 Å². The van der Waals surface area contributed by atoms with Crippen LogP contribution in [0.3, 0.4) is 0 Å². The molecule has 0 unspecified atom stereocenters. The van der Waals surface area contributed by atoms with E-state index in [-0.39, 0.29) is 17.9 Å². The molecule has 1 aromatic carbocycles. The Kier molecular flexibility index (Phi) is 6.39. The number of fused-ring (bicyclic) bond motifs is 1. The molecule has 4 rings (SSSR count). The molecule has 1 aliphatic rings. The Labute approximate surface area is 201 Å². The van der Waals surface area contributed by atoms with E-state index < -0.39 is 0 Å². The first-order valence-electron chi connectivity index (χ1n) is 10.8. The summed E-state index contributed by atoms with van der Waals surface area (Å²) in [6.07, 6.45) is 1.43. The average Bonchev–Trinajstić information content (AvgIpc) is 3.24. The first-order chi connectivity index (χ1) is 16.4. The van der Waals surface area contributed by atoms with Crippen molar-refractivity contribution in [2.24, 2.45) is 0 Å². The molecule has 3 heterocycles. The number of rotatable bonds is 5. The second-order valence-corrected chi connectivity index (χ2v) is 8.29. The van der Waals surface area contributed by atoms with E-state index >= 15 is 0 Å². The number of hydrogen-bond acceptors (Lipinski definition) is 9. The van der Waals surface area contributed by atoms with Crippen LogP contribution in [0, 0.1) is 22.7 Å². The molecule has 2 N–H and O–H groups in total. The van der Waals surface area contributed by atoms with Gasteiger partial charge in [0.15, 0.2) is 5.65 Å². The highest BCUT2D eigenvalue weighted by molar-refractivity contribution is 6.36. The predicted octanol–water partition coefficient (Wildman–Crippen LogP) is 2.75. The molecule has 0 saturated carbocycles. The molecular weight excluding hydrogens is 456 g/mol. The maximum atomic E-state index is 11.8. The van der Waals surface area contributed by atoms with E-state index in [0.29, 0.717) is 65.3 Å². The molecule has 3 aromatic rings. The molecule has 34 heavy (non-hydrogen) atoms. The lowest BCUT2D eigenvalue weighted by Crippen LogP contribution is -2.53. The van der Waals surface area contributed by atoms with Crippen molar-refractivity contribution in [3.8, 4) is 12.1 Å². The lowest BCUT2D eigenvalue weighted by atomic mass is 10.1. The summed E-state index contributed by atoms with van der Waals surface area (Å²) in [4.78, 5) is 24.6. The average molecular weight is 479 g/mol. The highest BCUT2D eigenvalue weighted by atomic mass is 35.5. The summed E-state index contributed by atoms with van der Waals surface area (Å²) < 4.78 is 1.46. The SMILES string of the molecule is CCNc1nc(Nc2cc(C#N)cc(N3CCN(C(C)=O)C[C@@H]3C)c2Cl)nc2c(C#N)cnn12. The number of amides is 1. The summed E-state index contributed by atoms with van der Waals surface area (Å²) >= 11 is 6.81. The van der Waals surface area contributed by atoms with E-state index in [4.69, 9.17) is 11.6 Å². The molecule has 1 aliphatic heterocycles. The van der Waals surface area contributed by atoms with Gasteiger partial charge in [-0.05, 0) is 26.0 Å². The summed E-state index contributed by atoms with van der Waals surface area (Å²) in [7, 11) is 0. The zero-order valence-electron chi connectivity index (χ0n) is 19.0. The molecule has 1 amide bonds. The second-order valence-electron chi connectivity index (χ2n) is 7.91. The number of nitrogens with zero attached hydrogens (tertiary/aromatic N) is 8. The largest absolute Gasteiger partial charge is 0.364 e. The highest BCUT2D eigenvalue weighted by Crippen LogP contribution is 2.37. The normalized spacial score (nSPS) is 15.6. The summed E-state index contributed by atoms with van der Waals surface area (Å²) in [5.41, 5.74) is 2.21. The van der Waals surface area contributed by atoms with Crippen LogP contribution in [0.1, 0.15) is 31.9 Å². The number of carbonyl (C=O) groups excluding carboxylic acids is 1. The summed E-state index contributed by atoms with van der Waals surface area (Å²) in [5, 5.41) is 29.8. The highest BCUT2D eigenvalue weighted by Gasteiger charge is 2.28. The molecular formula is C22H23ClN10O. The number of carbonyl (C=O) groups is 1. The first-order valence-corrected chi connectivity index (χ1v) is 11.2. The number of anilines is 4. The minimum Gasteiger partial charge on any atom is -0.364 e. The Morgan fingerprint density at radius 3 is 2.71 bits per heavy atom. The maximum absolute atomic E-state index is 11.8. The van der Waals surface area contributed by atoms with Crippen LogP contribution in [-0.2, 0) is 4.79 Å². The van der Waals surface area contributed by atoms with Crippen LogP contribution in [0.5, 0.6) is 0 Å². The first kappa shape index (κ1) is 23.1. The van der Waals surface area contributed by atoms with E-state index in [1.807, 2.05) is 13.8 Å². The number of aromatic nitrogens is 4. The third-order valence-electron chi connectivity index (χ3n) is 5.63. The van der Waals surface area contributed by atoms with Crippen molar-refractivity contribution in [3.63, 3.8) is 0 Å². The smallest absolute Gasteiger partial charge is 0.232 e. The van der Waals surface area contributed by atoms with Gasteiger partial charge in [0.25, 0.3) is 0 Å². The van der Waals surface area contributed by atoms with Gasteiger partial charge in [0.1, 0.15) is 11.6 Å². The summed E-state index contributed by atoms with van der Waals surface area (Å²) in [6, 6.07) is 7.63. The lowest BCUT2D eigenvalue weighted by molar-refractivity contribution is -0.129. The zero-order valence-corrected chi connectivity index (χ0v) is 19.8. The molecule has 174 valence electrons. The Balaban J connectivity index is 1.74. The topological polar surface area (TPSA) is 138 Å². The van der Waals surface area contributed by atoms with Crippen LogP contribution < -0.4 is 15.5 Å². The van der Waals surface area contributed by atoms with E-state index in [9.17, 15) is 15.3 Å². The van der Waals surface area contributed by atoms with Crippen molar-refractivity contribution in [1.82, 2.24) is 24.5 Å². The minimum absolute atomic E-state index is 0.00915. The number of nitrogens with one attached hydrogen (secondary N) is 2. The van der Waals surface area contributed by atoms with Gasteiger partial charge in [-0.25, -0.2) is 0 Å². The number of piperazine rings is 1. The van der Waals surface area contributed by atoms with Gasteiger partial charge in [0, 0.05) is 39.1 Å². The van der Waals surface area contributed by atoms with Gasteiger partial charge in [-0.2, -0.15) is 30.1 Å². The van der Waals surface area contributed by atoms with Crippen LogP contribution in [0.25, 0.3) is 5.65 Å². The standard InChI is InChI=1S/C22H23ClN10O/c1-4-26-22-30-21(29-20-16(10-25)11-27-33(20)22)28-17-7-15(9-24)8-18(19(17)23)32-6-5-31(14(3)34)12-13(32)2/h7-8,11,13H,4-6,12H2,1-3H3,(H2,26,28,29,30)/t13-/m0/s1. The minimum atomic E-state index is 0.00915. The molecule has 0 spiro atoms. The molecule has 1 atom stereocenters. The van der Waals surface area contributed by atoms with Crippen LogP contribution >= 0.6 is 11.6 Å². The number of benzene rings is 1. The van der Waals surface area contributed by atoms with Crippen molar-refractivity contribution >= 4 is 46.4 Å². The van der Waals surface area contributed by atoms with E-state index in [2.05, 4.69) is 42.7 Å². The summed E-state index contributed by atoms with van der Waals surface area (Å²) in [6.45, 7) is 7.80. The van der Waals surface area contributed by atoms with E-state index in [0.717, 1.165) is 0 Å². The molecule has 1 fully saturated rings. The van der Waals surface area contributed by atoms with Gasteiger partial charge >= 0.3 is 0 Å². The third-order valence-corrected chi connectivity index (χ3v) is 6.03. The number of nitriles is 2. The van der Waals surface area contributed by atoms with Gasteiger partial charge in [0.2, 0.25) is 17.8 Å². The van der Waals surface area contributed by atoms with Gasteiger partial charge in [-0.15, -0.1) is 0 Å². The van der Waals surface area contributed by atoms with Crippen molar-refractivity contribution in [1.29, 1.82) is 10.5 Å². The second kappa shape index (κ2) is 9.41. The van der Waals surface area contributed by atoms with Crippen molar-refractivity contribution in [3.05, 3.63) is 34.5 Å². The fourth-order valence-electron chi connectivity index (χ4n) is 3.98. The Bertz CT molecular complexity index is 1340. The van der Waals surface area contributed by atoms with E-state index in [1.165, 1.54) is 10.7 Å². The Morgan fingerprint density at radius 2 is 2.06 bits per heavy atom. The predicted molar refractivity (Wildman–Crippen MR) is 128 cm³/mol. The summed E-state index contributed by atoms with van der Waals surface area (Å²) in [5.74, 6) is 0.655. The van der Waals surface area contributed by atoms with Crippen LogP contribution in [-0.4, -0.2) is 62.6 Å². The maximum Gasteiger partial charge on any atom is 0.232 e. The van der Waals surface area contributed by atoms with Crippen LogP contribution in [0.15, 0.2) is 18.3 Å². The molecule has 11 nitrogen and oxygen atoms in total. The monoisotopic (exact) mass is 478 g/mol. The van der Waals surface area contributed by atoms with Crippen molar-refractivity contribution in [2.45, 2.75) is 26.8 Å². The van der Waals surface area contributed by atoms with Crippen molar-refractivity contribution in [2.75, 3.05) is 41.7 Å².